The molecule has 0 amide bonds. The molecule has 0 radical (unpaired) electrons. The normalized spacial score (nSPS) is 22.3. The summed E-state index contributed by atoms with van der Waals surface area (Å²) in [5, 5.41) is 4.55. The van der Waals surface area contributed by atoms with Gasteiger partial charge in [-0.3, -0.25) is 0 Å². The van der Waals surface area contributed by atoms with Crippen molar-refractivity contribution in [2.75, 3.05) is 27.2 Å². The molecule has 0 aromatic carbocycles. The lowest BCUT2D eigenvalue weighted by molar-refractivity contribution is 0.0300. The van der Waals surface area contributed by atoms with Gasteiger partial charge in [-0.25, -0.2) is 10.0 Å². The average molecular weight is 154 g/mol. The van der Waals surface area contributed by atoms with E-state index >= 15 is 0 Å². The van der Waals surface area contributed by atoms with Crippen molar-refractivity contribution in [3.63, 3.8) is 0 Å². The lowest BCUT2D eigenvalue weighted by Gasteiger charge is -2.26. The van der Waals surface area contributed by atoms with Gasteiger partial charge >= 0.3 is 0 Å². The van der Waals surface area contributed by atoms with Gasteiger partial charge in [-0.05, 0) is 19.3 Å². The summed E-state index contributed by atoms with van der Waals surface area (Å²) in [5.74, 6) is 0. The molecule has 0 aliphatic carbocycles. The van der Waals surface area contributed by atoms with E-state index in [0.29, 0.717) is 0 Å². The smallest absolute Gasteiger partial charge is 0.0170 e. The lowest BCUT2D eigenvalue weighted by Crippen LogP contribution is -2.37. The minimum Gasteiger partial charge on any atom is -0.248 e. The number of hydrazine groups is 1. The van der Waals surface area contributed by atoms with Gasteiger partial charge < -0.3 is 0 Å². The molecule has 0 atom stereocenters. The third-order valence-corrected chi connectivity index (χ3v) is 2.24. The summed E-state index contributed by atoms with van der Waals surface area (Å²) in [6, 6.07) is 0. The minimum atomic E-state index is 1.14. The van der Waals surface area contributed by atoms with Crippen LogP contribution < -0.4 is 0 Å². The Bertz CT molecular complexity index is 140. The van der Waals surface area contributed by atoms with Crippen LogP contribution in [0.4, 0.5) is 0 Å². The van der Waals surface area contributed by atoms with Gasteiger partial charge in [0.15, 0.2) is 0 Å². The first-order valence-corrected chi connectivity index (χ1v) is 4.29. The molecule has 1 aliphatic rings. The van der Waals surface area contributed by atoms with Crippen LogP contribution in [0.1, 0.15) is 19.3 Å². The highest BCUT2D eigenvalue weighted by molar-refractivity contribution is 4.96. The molecule has 0 N–H and O–H groups in total. The summed E-state index contributed by atoms with van der Waals surface area (Å²) >= 11 is 0. The Morgan fingerprint density at radius 3 is 2.64 bits per heavy atom. The van der Waals surface area contributed by atoms with Crippen molar-refractivity contribution in [1.29, 1.82) is 0 Å². The minimum absolute atomic E-state index is 1.14. The third-order valence-electron chi connectivity index (χ3n) is 2.24. The van der Waals surface area contributed by atoms with E-state index < -0.39 is 0 Å². The average Bonchev–Trinajstić information content (AvgIpc) is 2.13. The van der Waals surface area contributed by atoms with Crippen LogP contribution in [0.15, 0.2) is 12.2 Å². The van der Waals surface area contributed by atoms with Gasteiger partial charge in [0.2, 0.25) is 0 Å². The fourth-order valence-corrected chi connectivity index (χ4v) is 1.44. The van der Waals surface area contributed by atoms with Crippen molar-refractivity contribution in [3.8, 4) is 0 Å². The highest BCUT2D eigenvalue weighted by Crippen LogP contribution is 2.14. The molecule has 0 saturated carbocycles. The Morgan fingerprint density at radius 1 is 1.27 bits per heavy atom. The van der Waals surface area contributed by atoms with Crippen molar-refractivity contribution in [1.82, 2.24) is 10.0 Å². The fraction of sp³-hybridized carbons (Fsp3) is 0.778. The van der Waals surface area contributed by atoms with E-state index in [4.69, 9.17) is 0 Å². The zero-order chi connectivity index (χ0) is 8.27. The van der Waals surface area contributed by atoms with E-state index in [9.17, 15) is 0 Å². The topological polar surface area (TPSA) is 6.48 Å². The van der Waals surface area contributed by atoms with E-state index in [1.54, 1.807) is 0 Å². The van der Waals surface area contributed by atoms with Crippen LogP contribution in [0.25, 0.3) is 0 Å². The van der Waals surface area contributed by atoms with Crippen LogP contribution in [0.2, 0.25) is 0 Å². The Balaban J connectivity index is 2.40. The quantitative estimate of drug-likeness (QED) is 0.528. The van der Waals surface area contributed by atoms with Crippen LogP contribution in [-0.4, -0.2) is 37.2 Å². The molecular formula is C9H18N2. The molecule has 0 aromatic heterocycles. The number of nitrogens with zero attached hydrogens (tertiary/aromatic N) is 2. The fourth-order valence-electron chi connectivity index (χ4n) is 1.44. The number of hydrogen-bond donors (Lipinski definition) is 0. The Kier molecular flexibility index (Phi) is 3.09. The van der Waals surface area contributed by atoms with Crippen molar-refractivity contribution < 1.29 is 0 Å². The molecule has 1 aliphatic heterocycles. The summed E-state index contributed by atoms with van der Waals surface area (Å²) in [4.78, 5) is 0. The van der Waals surface area contributed by atoms with Crippen molar-refractivity contribution in [2.24, 2.45) is 0 Å². The van der Waals surface area contributed by atoms with Crippen LogP contribution in [-0.2, 0) is 0 Å². The van der Waals surface area contributed by atoms with Crippen molar-refractivity contribution in [2.45, 2.75) is 19.3 Å². The molecule has 1 rings (SSSR count). The molecular weight excluding hydrogens is 136 g/mol. The molecule has 1 saturated heterocycles. The Hall–Kier alpha value is -0.340. The molecule has 11 heavy (non-hydrogen) atoms. The number of rotatable bonds is 1. The highest BCUT2D eigenvalue weighted by atomic mass is 15.6. The molecule has 2 heteroatoms. The summed E-state index contributed by atoms with van der Waals surface area (Å²) in [6.07, 6.45) is 3.64. The molecule has 0 bridgehead atoms. The second kappa shape index (κ2) is 3.88. The van der Waals surface area contributed by atoms with Gasteiger partial charge in [0.25, 0.3) is 0 Å². The van der Waals surface area contributed by atoms with Gasteiger partial charge in [0, 0.05) is 27.2 Å². The Morgan fingerprint density at radius 2 is 2.00 bits per heavy atom. The first-order valence-electron chi connectivity index (χ1n) is 4.29. The third kappa shape index (κ3) is 2.64. The number of hydrogen-bond acceptors (Lipinski definition) is 2. The lowest BCUT2D eigenvalue weighted by atomic mass is 10.1. The zero-order valence-corrected chi connectivity index (χ0v) is 7.64. The van der Waals surface area contributed by atoms with Crippen LogP contribution in [0.5, 0.6) is 0 Å². The molecule has 0 unspecified atom stereocenters. The zero-order valence-electron chi connectivity index (χ0n) is 7.64. The van der Waals surface area contributed by atoms with Gasteiger partial charge in [-0.1, -0.05) is 12.2 Å². The first kappa shape index (κ1) is 8.75. The van der Waals surface area contributed by atoms with Gasteiger partial charge in [0.1, 0.15) is 0 Å². The standard InChI is InChI=1S/C9H18N2/c1-9-5-4-7-11(8-6-9)10(2)3/h1,4-8H2,2-3H3. The summed E-state index contributed by atoms with van der Waals surface area (Å²) in [6.45, 7) is 6.35. The predicted molar refractivity (Wildman–Crippen MR) is 48.3 cm³/mol. The van der Waals surface area contributed by atoms with Gasteiger partial charge in [0.05, 0.1) is 0 Å². The molecule has 64 valence electrons. The monoisotopic (exact) mass is 154 g/mol. The van der Waals surface area contributed by atoms with E-state index in [2.05, 4.69) is 30.7 Å². The summed E-state index contributed by atoms with van der Waals surface area (Å²) in [7, 11) is 4.21. The van der Waals surface area contributed by atoms with E-state index in [0.717, 1.165) is 13.0 Å². The second-order valence-corrected chi connectivity index (χ2v) is 3.40. The SMILES string of the molecule is C=C1CCCN(N(C)C)CC1. The molecule has 0 spiro atoms. The van der Waals surface area contributed by atoms with Crippen LogP contribution in [0.3, 0.4) is 0 Å². The predicted octanol–water partition coefficient (Wildman–Crippen LogP) is 1.51. The summed E-state index contributed by atoms with van der Waals surface area (Å²) < 4.78 is 0. The summed E-state index contributed by atoms with van der Waals surface area (Å²) in [5.41, 5.74) is 1.41. The van der Waals surface area contributed by atoms with E-state index in [1.165, 1.54) is 25.0 Å². The van der Waals surface area contributed by atoms with Crippen molar-refractivity contribution >= 4 is 0 Å². The van der Waals surface area contributed by atoms with E-state index in [1.807, 2.05) is 0 Å². The van der Waals surface area contributed by atoms with Crippen molar-refractivity contribution in [3.05, 3.63) is 12.2 Å². The molecule has 2 nitrogen and oxygen atoms in total. The first-order chi connectivity index (χ1) is 5.20. The molecule has 1 fully saturated rings. The molecule has 0 aromatic rings. The second-order valence-electron chi connectivity index (χ2n) is 3.40. The van der Waals surface area contributed by atoms with Crippen LogP contribution in [0, 0.1) is 0 Å². The highest BCUT2D eigenvalue weighted by Gasteiger charge is 2.11. The Labute approximate surface area is 69.5 Å². The maximum Gasteiger partial charge on any atom is 0.0170 e. The van der Waals surface area contributed by atoms with Crippen LogP contribution >= 0.6 is 0 Å². The largest absolute Gasteiger partial charge is 0.248 e. The van der Waals surface area contributed by atoms with E-state index in [-0.39, 0.29) is 0 Å². The maximum atomic E-state index is 4.02. The molecule has 1 heterocycles. The van der Waals surface area contributed by atoms with Gasteiger partial charge in [-0.2, -0.15) is 0 Å². The maximum absolute atomic E-state index is 4.02. The van der Waals surface area contributed by atoms with Gasteiger partial charge in [-0.15, -0.1) is 0 Å².